The van der Waals surface area contributed by atoms with E-state index in [0.717, 1.165) is 27.8 Å². The highest BCUT2D eigenvalue weighted by molar-refractivity contribution is 7.09. The van der Waals surface area contributed by atoms with Crippen molar-refractivity contribution < 1.29 is 9.53 Å². The van der Waals surface area contributed by atoms with Gasteiger partial charge in [-0.15, -0.1) is 11.3 Å². The molecule has 1 saturated heterocycles. The van der Waals surface area contributed by atoms with Crippen LogP contribution in [0.1, 0.15) is 22.1 Å². The smallest absolute Gasteiger partial charge is 0.237 e. The van der Waals surface area contributed by atoms with E-state index in [-0.39, 0.29) is 12.0 Å². The molecule has 1 unspecified atom stereocenters. The lowest BCUT2D eigenvalue weighted by Crippen LogP contribution is -2.37. The van der Waals surface area contributed by atoms with E-state index in [1.165, 1.54) is 0 Å². The van der Waals surface area contributed by atoms with Crippen LogP contribution in [0.3, 0.4) is 0 Å². The Kier molecular flexibility index (Phi) is 7.27. The largest absolute Gasteiger partial charge is 0.369 e. The summed E-state index contributed by atoms with van der Waals surface area (Å²) in [6.45, 7) is 4.99. The molecule has 0 saturated carbocycles. The number of hydrogen-bond acceptors (Lipinski definition) is 7. The second-order valence-electron chi connectivity index (χ2n) is 8.64. The number of amides is 1. The Morgan fingerprint density at radius 1 is 1.06 bits per heavy atom. The Hall–Kier alpha value is -3.40. The van der Waals surface area contributed by atoms with Gasteiger partial charge in [-0.1, -0.05) is 6.07 Å². The number of hydrogen-bond donors (Lipinski definition) is 0. The van der Waals surface area contributed by atoms with Gasteiger partial charge in [0.2, 0.25) is 5.91 Å². The molecule has 4 aromatic rings. The van der Waals surface area contributed by atoms with Crippen molar-refractivity contribution in [3.05, 3.63) is 94.7 Å². The number of ether oxygens (including phenoxy) is 1. The predicted molar refractivity (Wildman–Crippen MR) is 134 cm³/mol. The fourth-order valence-electron chi connectivity index (χ4n) is 4.31. The van der Waals surface area contributed by atoms with Gasteiger partial charge in [0.1, 0.15) is 0 Å². The molecule has 1 aliphatic rings. The van der Waals surface area contributed by atoms with Crippen LogP contribution >= 0.6 is 11.3 Å². The average molecular weight is 489 g/mol. The van der Waals surface area contributed by atoms with Crippen LogP contribution in [0.25, 0.3) is 5.69 Å². The van der Waals surface area contributed by atoms with Gasteiger partial charge in [-0.2, -0.15) is 0 Å². The molecule has 8 nitrogen and oxygen atoms in total. The third kappa shape index (κ3) is 6.00. The number of aromatic nitrogens is 4. The zero-order valence-corrected chi connectivity index (χ0v) is 20.5. The minimum absolute atomic E-state index is 0.0825. The van der Waals surface area contributed by atoms with E-state index in [4.69, 9.17) is 4.74 Å². The van der Waals surface area contributed by atoms with Gasteiger partial charge in [0.15, 0.2) is 0 Å². The van der Waals surface area contributed by atoms with Crippen molar-refractivity contribution in [3.8, 4) is 5.69 Å². The van der Waals surface area contributed by atoms with Crippen molar-refractivity contribution >= 4 is 17.2 Å². The van der Waals surface area contributed by atoms with E-state index in [0.29, 0.717) is 39.3 Å². The van der Waals surface area contributed by atoms with Gasteiger partial charge in [0, 0.05) is 49.3 Å². The second-order valence-corrected chi connectivity index (χ2v) is 9.70. The molecule has 180 valence electrons. The first-order valence-electron chi connectivity index (χ1n) is 11.6. The number of pyridine rings is 2. The molecule has 0 N–H and O–H groups in total. The third-order valence-electron chi connectivity index (χ3n) is 5.95. The number of rotatable bonds is 8. The number of thiazole rings is 1. The van der Waals surface area contributed by atoms with Crippen LogP contribution in [0.5, 0.6) is 0 Å². The molecule has 4 aromatic heterocycles. The molecular weight excluding hydrogens is 460 g/mol. The van der Waals surface area contributed by atoms with Crippen molar-refractivity contribution in [2.75, 3.05) is 19.6 Å². The summed E-state index contributed by atoms with van der Waals surface area (Å²) in [5.41, 5.74) is 3.89. The fourth-order valence-corrected chi connectivity index (χ4v) is 4.92. The summed E-state index contributed by atoms with van der Waals surface area (Å²) in [5.74, 6) is 0.0825. The minimum Gasteiger partial charge on any atom is -0.369 e. The van der Waals surface area contributed by atoms with Gasteiger partial charge < -0.3 is 14.2 Å². The molecule has 9 heteroatoms. The summed E-state index contributed by atoms with van der Waals surface area (Å²) in [4.78, 5) is 30.5. The van der Waals surface area contributed by atoms with Gasteiger partial charge in [-0.25, -0.2) is 4.98 Å². The normalized spacial score (nSPS) is 17.0. The summed E-state index contributed by atoms with van der Waals surface area (Å²) >= 11 is 1.60. The van der Waals surface area contributed by atoms with Gasteiger partial charge in [0.05, 0.1) is 54.1 Å². The highest BCUT2D eigenvalue weighted by Gasteiger charge is 2.29. The lowest BCUT2D eigenvalue weighted by atomic mass is 10.2. The Balaban J connectivity index is 1.34. The van der Waals surface area contributed by atoms with E-state index >= 15 is 0 Å². The molecule has 5 heterocycles. The lowest BCUT2D eigenvalue weighted by molar-refractivity contribution is -0.132. The Morgan fingerprint density at radius 2 is 2.00 bits per heavy atom. The van der Waals surface area contributed by atoms with E-state index in [2.05, 4.69) is 30.5 Å². The van der Waals surface area contributed by atoms with Crippen molar-refractivity contribution in [1.82, 2.24) is 29.3 Å². The molecule has 0 aliphatic carbocycles. The Bertz CT molecular complexity index is 1240. The number of carbonyl (C=O) groups excluding carboxylic acids is 1. The molecule has 0 bridgehead atoms. The third-order valence-corrected chi connectivity index (χ3v) is 6.78. The van der Waals surface area contributed by atoms with E-state index in [9.17, 15) is 4.79 Å². The number of aryl methyl sites for hydroxylation is 1. The quantitative estimate of drug-likeness (QED) is 0.378. The summed E-state index contributed by atoms with van der Waals surface area (Å²) < 4.78 is 8.42. The van der Waals surface area contributed by atoms with E-state index in [1.54, 1.807) is 23.7 Å². The minimum atomic E-state index is -0.148. The standard InChI is InChI=1S/C26H28N6O2S/c1-20-29-22(19-35-20)13-31-16-25(34-18-21-6-2-3-10-28-21)15-30(17-26(31)33)14-24-8-5-11-32(24)23-7-4-9-27-12-23/h2-12,19,25H,13-18H2,1H3. The topological polar surface area (TPSA) is 76.4 Å². The zero-order valence-electron chi connectivity index (χ0n) is 19.7. The molecule has 1 atom stereocenters. The summed E-state index contributed by atoms with van der Waals surface area (Å²) in [6.07, 6.45) is 7.25. The Morgan fingerprint density at radius 3 is 2.77 bits per heavy atom. The first-order valence-corrected chi connectivity index (χ1v) is 12.5. The van der Waals surface area contributed by atoms with Crippen molar-refractivity contribution in [1.29, 1.82) is 0 Å². The van der Waals surface area contributed by atoms with Crippen LogP contribution in [0.4, 0.5) is 0 Å². The zero-order chi connectivity index (χ0) is 24.0. The number of carbonyl (C=O) groups is 1. The summed E-state index contributed by atoms with van der Waals surface area (Å²) in [6, 6.07) is 13.9. The molecule has 35 heavy (non-hydrogen) atoms. The van der Waals surface area contributed by atoms with Gasteiger partial charge in [-0.05, 0) is 43.3 Å². The molecule has 1 amide bonds. The molecule has 0 spiro atoms. The monoisotopic (exact) mass is 488 g/mol. The van der Waals surface area contributed by atoms with Crippen LogP contribution in [0.15, 0.2) is 72.6 Å². The first kappa shape index (κ1) is 23.3. The second kappa shape index (κ2) is 10.9. The lowest BCUT2D eigenvalue weighted by Gasteiger charge is -2.24. The maximum atomic E-state index is 13.3. The van der Waals surface area contributed by atoms with Crippen molar-refractivity contribution in [2.45, 2.75) is 32.7 Å². The summed E-state index contributed by atoms with van der Waals surface area (Å²) in [5, 5.41) is 3.03. The van der Waals surface area contributed by atoms with Crippen molar-refractivity contribution in [3.63, 3.8) is 0 Å². The predicted octanol–water partition coefficient (Wildman–Crippen LogP) is 3.46. The first-order chi connectivity index (χ1) is 17.1. The van der Waals surface area contributed by atoms with Gasteiger partial charge in [0.25, 0.3) is 0 Å². The SMILES string of the molecule is Cc1nc(CN2CC(OCc3ccccn3)CN(Cc3cccn3-c3cccnc3)CC2=O)cs1. The Labute approximate surface area is 208 Å². The molecule has 1 aliphatic heterocycles. The fraction of sp³-hybridized carbons (Fsp3) is 0.308. The van der Waals surface area contributed by atoms with Crippen LogP contribution in [0, 0.1) is 6.92 Å². The van der Waals surface area contributed by atoms with Gasteiger partial charge in [-0.3, -0.25) is 19.7 Å². The average Bonchev–Trinajstić information content (AvgIpc) is 3.48. The van der Waals surface area contributed by atoms with Crippen LogP contribution in [0.2, 0.25) is 0 Å². The highest BCUT2D eigenvalue weighted by atomic mass is 32.1. The van der Waals surface area contributed by atoms with Crippen LogP contribution in [-0.2, 0) is 29.2 Å². The maximum absolute atomic E-state index is 13.3. The summed E-state index contributed by atoms with van der Waals surface area (Å²) in [7, 11) is 0. The van der Waals surface area contributed by atoms with E-state index < -0.39 is 0 Å². The van der Waals surface area contributed by atoms with Crippen LogP contribution < -0.4 is 0 Å². The molecule has 0 aromatic carbocycles. The molecule has 0 radical (unpaired) electrons. The highest BCUT2D eigenvalue weighted by Crippen LogP contribution is 2.19. The molecular formula is C26H28N6O2S. The maximum Gasteiger partial charge on any atom is 0.237 e. The molecule has 1 fully saturated rings. The van der Waals surface area contributed by atoms with Crippen molar-refractivity contribution in [2.24, 2.45) is 0 Å². The van der Waals surface area contributed by atoms with E-state index in [1.807, 2.05) is 66.0 Å². The molecule has 5 rings (SSSR count). The van der Waals surface area contributed by atoms with Gasteiger partial charge >= 0.3 is 0 Å². The number of nitrogens with zero attached hydrogens (tertiary/aromatic N) is 6. The van der Waals surface area contributed by atoms with Crippen LogP contribution in [-0.4, -0.2) is 61.0 Å².